The first kappa shape index (κ1) is 44.9. The number of aliphatic hydroxyl groups is 1. The summed E-state index contributed by atoms with van der Waals surface area (Å²) in [5.41, 5.74) is 0.743. The maximum atomic E-state index is 13.9. The smallest absolute Gasteiger partial charge is 0.338 e. The van der Waals surface area contributed by atoms with Crippen molar-refractivity contribution in [1.82, 2.24) is 0 Å². The molecule has 316 valence electrons. The lowest BCUT2D eigenvalue weighted by atomic mass is 9.96. The summed E-state index contributed by atoms with van der Waals surface area (Å²) in [6, 6.07) is 25.1. The lowest BCUT2D eigenvalue weighted by Crippen LogP contribution is -2.66. The molecule has 0 spiro atoms. The van der Waals surface area contributed by atoms with Crippen LogP contribution in [0.1, 0.15) is 97.3 Å². The van der Waals surface area contributed by atoms with Gasteiger partial charge in [0, 0.05) is 19.8 Å². The van der Waals surface area contributed by atoms with Crippen LogP contribution in [0.3, 0.4) is 0 Å². The van der Waals surface area contributed by atoms with Crippen LogP contribution in [0, 0.1) is 0 Å². The van der Waals surface area contributed by atoms with E-state index in [9.17, 15) is 19.5 Å². The Morgan fingerprint density at radius 3 is 1.50 bits per heavy atom. The first-order chi connectivity index (χ1) is 28.2. The Labute approximate surface area is 341 Å². The van der Waals surface area contributed by atoms with E-state index in [1.54, 1.807) is 97.9 Å². The molecule has 0 saturated carbocycles. The highest BCUT2D eigenvalue weighted by Gasteiger charge is 2.55. The average Bonchev–Trinajstić information content (AvgIpc) is 3.24. The van der Waals surface area contributed by atoms with Gasteiger partial charge in [-0.25, -0.2) is 14.4 Å². The van der Waals surface area contributed by atoms with E-state index in [2.05, 4.69) is 0 Å². The van der Waals surface area contributed by atoms with Crippen molar-refractivity contribution >= 4 is 17.9 Å². The summed E-state index contributed by atoms with van der Waals surface area (Å²) in [6.45, 7) is 8.92. The van der Waals surface area contributed by atoms with Gasteiger partial charge in [0.1, 0.15) is 24.4 Å². The van der Waals surface area contributed by atoms with E-state index in [0.29, 0.717) is 26.1 Å². The molecule has 2 aliphatic heterocycles. The zero-order chi connectivity index (χ0) is 41.3. The van der Waals surface area contributed by atoms with Crippen molar-refractivity contribution in [3.05, 3.63) is 108 Å². The molecule has 0 radical (unpaired) electrons. The first-order valence-corrected chi connectivity index (χ1v) is 20.5. The third-order valence-corrected chi connectivity index (χ3v) is 9.93. The normalized spacial score (nSPS) is 27.1. The molecule has 1 N–H and O–H groups in total. The van der Waals surface area contributed by atoms with Gasteiger partial charge in [0.25, 0.3) is 0 Å². The van der Waals surface area contributed by atoms with Gasteiger partial charge in [-0.1, -0.05) is 94.6 Å². The largest absolute Gasteiger partial charge is 0.452 e. The van der Waals surface area contributed by atoms with E-state index in [1.807, 2.05) is 20.8 Å². The van der Waals surface area contributed by atoms with Crippen LogP contribution in [0.5, 0.6) is 0 Å². The SMILES string of the molecule is CCCCOCC1O[C@@H](O)[C@@H](OC(=O)c2ccccc2)C(O[C@@H]2OC(C)[C@H](OCCCC)C(OC(=O)c3ccccc3)[C@@H]2OC(=O)c2ccccc2)[C@@H]1OCCCC. The zero-order valence-electron chi connectivity index (χ0n) is 33.9. The number of rotatable bonds is 21. The molecule has 58 heavy (non-hydrogen) atoms. The summed E-state index contributed by atoms with van der Waals surface area (Å²) in [4.78, 5) is 41.3. The van der Waals surface area contributed by atoms with Crippen molar-refractivity contribution in [2.24, 2.45) is 0 Å². The highest BCUT2D eigenvalue weighted by atomic mass is 16.8. The van der Waals surface area contributed by atoms with Crippen molar-refractivity contribution in [2.45, 2.75) is 128 Å². The number of carbonyl (C=O) groups excluding carboxylic acids is 3. The molecule has 2 heterocycles. The van der Waals surface area contributed by atoms with Gasteiger partial charge in [-0.3, -0.25) is 0 Å². The van der Waals surface area contributed by atoms with Gasteiger partial charge in [0.2, 0.25) is 0 Å². The van der Waals surface area contributed by atoms with Gasteiger partial charge in [0.05, 0.1) is 29.4 Å². The van der Waals surface area contributed by atoms with Crippen LogP contribution in [0.2, 0.25) is 0 Å². The van der Waals surface area contributed by atoms with E-state index in [4.69, 9.17) is 42.6 Å². The summed E-state index contributed by atoms with van der Waals surface area (Å²) in [5.74, 6) is -2.15. The minimum atomic E-state index is -1.69. The van der Waals surface area contributed by atoms with E-state index in [-0.39, 0.29) is 29.9 Å². The fraction of sp³-hybridized carbons (Fsp3) is 0.533. The maximum Gasteiger partial charge on any atom is 0.338 e. The number of ether oxygens (including phenoxy) is 9. The molecular formula is C45H58O13. The summed E-state index contributed by atoms with van der Waals surface area (Å²) >= 11 is 0. The third-order valence-electron chi connectivity index (χ3n) is 9.93. The van der Waals surface area contributed by atoms with Gasteiger partial charge < -0.3 is 47.7 Å². The summed E-state index contributed by atoms with van der Waals surface area (Å²) < 4.78 is 56.6. The Bertz CT molecular complexity index is 1660. The number of unbranched alkanes of at least 4 members (excludes halogenated alkanes) is 3. The van der Waals surface area contributed by atoms with Gasteiger partial charge in [-0.15, -0.1) is 0 Å². The van der Waals surface area contributed by atoms with Crippen LogP contribution >= 0.6 is 0 Å². The summed E-state index contributed by atoms with van der Waals surface area (Å²) in [5, 5.41) is 11.6. The number of benzene rings is 3. The van der Waals surface area contributed by atoms with E-state index >= 15 is 0 Å². The number of carbonyl (C=O) groups is 3. The second-order valence-electron chi connectivity index (χ2n) is 14.4. The lowest BCUT2D eigenvalue weighted by molar-refractivity contribution is -0.356. The summed E-state index contributed by atoms with van der Waals surface area (Å²) in [7, 11) is 0. The molecule has 2 fully saturated rings. The molecule has 4 unspecified atom stereocenters. The number of hydrogen-bond acceptors (Lipinski definition) is 13. The van der Waals surface area contributed by atoms with Crippen LogP contribution in [-0.4, -0.2) is 111 Å². The second-order valence-corrected chi connectivity index (χ2v) is 14.4. The average molecular weight is 807 g/mol. The molecule has 3 aromatic carbocycles. The van der Waals surface area contributed by atoms with Gasteiger partial charge in [-0.2, -0.15) is 0 Å². The predicted molar refractivity (Wildman–Crippen MR) is 212 cm³/mol. The molecule has 0 aromatic heterocycles. The van der Waals surface area contributed by atoms with Crippen LogP contribution < -0.4 is 0 Å². The van der Waals surface area contributed by atoms with Crippen molar-refractivity contribution in [1.29, 1.82) is 0 Å². The van der Waals surface area contributed by atoms with Gasteiger partial charge in [0.15, 0.2) is 30.9 Å². The van der Waals surface area contributed by atoms with Crippen LogP contribution in [0.4, 0.5) is 0 Å². The fourth-order valence-electron chi connectivity index (χ4n) is 6.71. The molecular weight excluding hydrogens is 748 g/mol. The number of esters is 3. The molecule has 2 aliphatic rings. The van der Waals surface area contributed by atoms with Crippen molar-refractivity contribution < 1.29 is 62.1 Å². The van der Waals surface area contributed by atoms with Crippen molar-refractivity contribution in [3.8, 4) is 0 Å². The zero-order valence-corrected chi connectivity index (χ0v) is 33.9. The quantitative estimate of drug-likeness (QED) is 0.0691. The minimum absolute atomic E-state index is 0.0338. The van der Waals surface area contributed by atoms with E-state index in [1.165, 1.54) is 0 Å². The van der Waals surface area contributed by atoms with Gasteiger partial charge >= 0.3 is 17.9 Å². The Kier molecular flexibility index (Phi) is 18.1. The molecule has 3 aromatic rings. The monoisotopic (exact) mass is 806 g/mol. The standard InChI is InChI=1S/C45H58O13/c1-5-8-26-50-29-34-36(52-28-10-7-3)38(39(44(49)54-34)56-42(47)32-22-16-12-17-23-32)58-45-40(57-43(48)33-24-18-13-19-25-33)37(35(30(4)53-45)51-27-9-6-2)55-41(46)31-20-14-11-15-21-31/h11-25,30,34-40,44-45,49H,5-10,26-29H2,1-4H3/t30?,34?,35-,36+,37?,38?,39-,40-,44+,45-/m0/s1. The van der Waals surface area contributed by atoms with Crippen LogP contribution in [-0.2, 0) is 42.6 Å². The first-order valence-electron chi connectivity index (χ1n) is 20.5. The Hall–Kier alpha value is -4.21. The van der Waals surface area contributed by atoms with E-state index in [0.717, 1.165) is 25.7 Å². The Morgan fingerprint density at radius 2 is 1.00 bits per heavy atom. The fourth-order valence-corrected chi connectivity index (χ4v) is 6.71. The minimum Gasteiger partial charge on any atom is -0.452 e. The molecule has 2 saturated heterocycles. The molecule has 13 heteroatoms. The van der Waals surface area contributed by atoms with Gasteiger partial charge in [-0.05, 0) is 62.6 Å². The van der Waals surface area contributed by atoms with E-state index < -0.39 is 79.3 Å². The predicted octanol–water partition coefficient (Wildman–Crippen LogP) is 6.70. The highest BCUT2D eigenvalue weighted by molar-refractivity contribution is 5.90. The molecule has 0 aliphatic carbocycles. The lowest BCUT2D eigenvalue weighted by Gasteiger charge is -2.48. The van der Waals surface area contributed by atoms with Crippen molar-refractivity contribution in [3.63, 3.8) is 0 Å². The van der Waals surface area contributed by atoms with Crippen LogP contribution in [0.25, 0.3) is 0 Å². The maximum absolute atomic E-state index is 13.9. The molecule has 5 rings (SSSR count). The molecule has 13 nitrogen and oxygen atoms in total. The Morgan fingerprint density at radius 1 is 0.552 bits per heavy atom. The third kappa shape index (κ3) is 12.4. The Balaban J connectivity index is 1.57. The number of hydrogen-bond donors (Lipinski definition) is 1. The molecule has 10 atom stereocenters. The molecule has 0 bridgehead atoms. The number of aliphatic hydroxyl groups excluding tert-OH is 1. The van der Waals surface area contributed by atoms with Crippen molar-refractivity contribution in [2.75, 3.05) is 26.4 Å². The second kappa shape index (κ2) is 23.4. The summed E-state index contributed by atoms with van der Waals surface area (Å²) in [6.07, 6.45) is -7.29. The highest BCUT2D eigenvalue weighted by Crippen LogP contribution is 2.35. The molecule has 0 amide bonds. The topological polar surface area (TPSA) is 155 Å². The van der Waals surface area contributed by atoms with Crippen LogP contribution in [0.15, 0.2) is 91.0 Å².